The lowest BCUT2D eigenvalue weighted by atomic mass is 10.1. The van der Waals surface area contributed by atoms with Crippen molar-refractivity contribution in [3.05, 3.63) is 69.0 Å². The van der Waals surface area contributed by atoms with E-state index in [-0.39, 0.29) is 35.7 Å². The lowest BCUT2D eigenvalue weighted by Crippen LogP contribution is -2.31. The number of hydrogen-bond donors (Lipinski definition) is 1. The molecule has 2 aromatic heterocycles. The number of aromatic nitrogens is 4. The molecule has 0 aliphatic rings. The van der Waals surface area contributed by atoms with Gasteiger partial charge in [0.1, 0.15) is 23.7 Å². The van der Waals surface area contributed by atoms with E-state index in [1.807, 2.05) is 13.8 Å². The first kappa shape index (κ1) is 20.2. The molecule has 1 amide bonds. The monoisotopic (exact) mass is 400 g/mol. The molecule has 1 N–H and O–H groups in total. The van der Waals surface area contributed by atoms with E-state index in [4.69, 9.17) is 0 Å². The highest BCUT2D eigenvalue weighted by atomic mass is 19.1. The predicted octanol–water partition coefficient (Wildman–Crippen LogP) is 2.92. The molecular weight excluding hydrogens is 379 g/mol. The Balaban J connectivity index is 1.73. The molecule has 10 heteroatoms. The molecule has 0 bridgehead atoms. The van der Waals surface area contributed by atoms with Crippen LogP contribution in [0, 0.1) is 36.7 Å². The van der Waals surface area contributed by atoms with Gasteiger partial charge in [0.2, 0.25) is 5.91 Å². The maximum Gasteiger partial charge on any atom is 0.312 e. The van der Waals surface area contributed by atoms with Crippen molar-refractivity contribution in [3.63, 3.8) is 0 Å². The lowest BCUT2D eigenvalue weighted by Gasteiger charge is -2.14. The molecule has 0 radical (unpaired) electrons. The summed E-state index contributed by atoms with van der Waals surface area (Å²) in [6, 6.07) is 5.61. The second-order valence-corrected chi connectivity index (χ2v) is 6.80. The number of rotatable bonds is 6. The predicted molar refractivity (Wildman–Crippen MR) is 103 cm³/mol. The van der Waals surface area contributed by atoms with Crippen molar-refractivity contribution in [2.24, 2.45) is 0 Å². The van der Waals surface area contributed by atoms with Crippen LogP contribution in [0.3, 0.4) is 0 Å². The molecule has 152 valence electrons. The zero-order valence-electron chi connectivity index (χ0n) is 16.5. The largest absolute Gasteiger partial charge is 0.348 e. The Hall–Kier alpha value is -3.56. The quantitative estimate of drug-likeness (QED) is 0.506. The summed E-state index contributed by atoms with van der Waals surface area (Å²) in [6.07, 6.45) is 1.65. The van der Waals surface area contributed by atoms with Crippen LogP contribution in [0.5, 0.6) is 0 Å². The standard InChI is InChI=1S/C19H21FN6O3/c1-11(17-9-21-25(13(17)3)16-7-5-15(20)6-8-16)22-18(27)10-24-14(4)19(26(28)29)12(2)23-24/h5-9,11H,10H2,1-4H3,(H,22,27). The van der Waals surface area contributed by atoms with E-state index < -0.39 is 4.92 Å². The van der Waals surface area contributed by atoms with Gasteiger partial charge in [-0.05, 0) is 52.0 Å². The molecule has 0 saturated carbocycles. The third-order valence-electron chi connectivity index (χ3n) is 4.78. The van der Waals surface area contributed by atoms with E-state index in [2.05, 4.69) is 15.5 Å². The van der Waals surface area contributed by atoms with E-state index >= 15 is 0 Å². The number of amides is 1. The molecule has 29 heavy (non-hydrogen) atoms. The fourth-order valence-electron chi connectivity index (χ4n) is 3.30. The van der Waals surface area contributed by atoms with Crippen LogP contribution in [-0.4, -0.2) is 30.4 Å². The van der Waals surface area contributed by atoms with Crippen LogP contribution < -0.4 is 5.32 Å². The van der Waals surface area contributed by atoms with Gasteiger partial charge in [0.15, 0.2) is 0 Å². The molecule has 9 nitrogen and oxygen atoms in total. The van der Waals surface area contributed by atoms with Crippen LogP contribution in [0.15, 0.2) is 30.5 Å². The Labute approximate surface area is 166 Å². The summed E-state index contributed by atoms with van der Waals surface area (Å²) in [5, 5.41) is 22.4. The van der Waals surface area contributed by atoms with Crippen molar-refractivity contribution in [2.45, 2.75) is 40.3 Å². The Morgan fingerprint density at radius 2 is 1.90 bits per heavy atom. The molecule has 0 spiro atoms. The Morgan fingerprint density at radius 1 is 1.24 bits per heavy atom. The highest BCUT2D eigenvalue weighted by Gasteiger charge is 2.23. The van der Waals surface area contributed by atoms with Crippen molar-refractivity contribution >= 4 is 11.6 Å². The van der Waals surface area contributed by atoms with E-state index in [1.165, 1.54) is 23.7 Å². The first-order valence-corrected chi connectivity index (χ1v) is 8.97. The second kappa shape index (κ2) is 7.82. The molecule has 1 atom stereocenters. The average molecular weight is 400 g/mol. The van der Waals surface area contributed by atoms with Gasteiger partial charge in [-0.1, -0.05) is 0 Å². The fraction of sp³-hybridized carbons (Fsp3) is 0.316. The number of hydrogen-bond acceptors (Lipinski definition) is 5. The summed E-state index contributed by atoms with van der Waals surface area (Å²) >= 11 is 0. The number of benzene rings is 1. The van der Waals surface area contributed by atoms with Crippen molar-refractivity contribution in [2.75, 3.05) is 0 Å². The van der Waals surface area contributed by atoms with Crippen molar-refractivity contribution in [1.82, 2.24) is 24.9 Å². The number of aryl methyl sites for hydroxylation is 1. The van der Waals surface area contributed by atoms with Crippen molar-refractivity contribution in [1.29, 1.82) is 0 Å². The van der Waals surface area contributed by atoms with Gasteiger partial charge in [-0.25, -0.2) is 9.07 Å². The Kier molecular flexibility index (Phi) is 5.44. The minimum atomic E-state index is -0.498. The van der Waals surface area contributed by atoms with Crippen molar-refractivity contribution in [3.8, 4) is 5.69 Å². The van der Waals surface area contributed by atoms with Crippen LogP contribution in [0.1, 0.15) is 35.6 Å². The van der Waals surface area contributed by atoms with Gasteiger partial charge in [-0.15, -0.1) is 0 Å². The normalized spacial score (nSPS) is 12.0. The molecule has 3 rings (SSSR count). The molecular formula is C19H21FN6O3. The molecule has 3 aromatic rings. The summed E-state index contributed by atoms with van der Waals surface area (Å²) in [6.45, 7) is 6.65. The smallest absolute Gasteiger partial charge is 0.312 e. The topological polar surface area (TPSA) is 108 Å². The molecule has 1 unspecified atom stereocenters. The van der Waals surface area contributed by atoms with E-state index in [9.17, 15) is 19.3 Å². The second-order valence-electron chi connectivity index (χ2n) is 6.80. The summed E-state index contributed by atoms with van der Waals surface area (Å²) in [7, 11) is 0. The third-order valence-corrected chi connectivity index (χ3v) is 4.78. The first-order chi connectivity index (χ1) is 13.7. The number of nitro groups is 1. The molecule has 2 heterocycles. The molecule has 0 fully saturated rings. The van der Waals surface area contributed by atoms with Gasteiger partial charge in [0.05, 0.1) is 22.8 Å². The van der Waals surface area contributed by atoms with Crippen LogP contribution in [-0.2, 0) is 11.3 Å². The lowest BCUT2D eigenvalue weighted by molar-refractivity contribution is -0.386. The minimum absolute atomic E-state index is 0.0812. The number of nitrogens with zero attached hydrogens (tertiary/aromatic N) is 5. The average Bonchev–Trinajstić information content (AvgIpc) is 3.15. The zero-order valence-corrected chi connectivity index (χ0v) is 16.5. The maximum atomic E-state index is 13.1. The number of carbonyl (C=O) groups excluding carboxylic acids is 1. The van der Waals surface area contributed by atoms with E-state index in [0.29, 0.717) is 11.4 Å². The number of halogens is 1. The summed E-state index contributed by atoms with van der Waals surface area (Å²) in [5.74, 6) is -0.657. The Morgan fingerprint density at radius 3 is 2.48 bits per heavy atom. The maximum absolute atomic E-state index is 13.1. The Bertz CT molecular complexity index is 1070. The summed E-state index contributed by atoms with van der Waals surface area (Å²) in [4.78, 5) is 23.1. The minimum Gasteiger partial charge on any atom is -0.348 e. The molecule has 0 aliphatic carbocycles. The molecule has 0 saturated heterocycles. The fourth-order valence-corrected chi connectivity index (χ4v) is 3.30. The van der Waals surface area contributed by atoms with Crippen molar-refractivity contribution < 1.29 is 14.1 Å². The van der Waals surface area contributed by atoms with Crippen LogP contribution in [0.2, 0.25) is 0 Å². The SMILES string of the molecule is Cc1nn(CC(=O)NC(C)c2cnn(-c3ccc(F)cc3)c2C)c(C)c1[N+](=O)[O-]. The van der Waals surface area contributed by atoms with Gasteiger partial charge in [-0.2, -0.15) is 10.2 Å². The summed E-state index contributed by atoms with van der Waals surface area (Å²) < 4.78 is 16.1. The number of carbonyl (C=O) groups is 1. The van der Waals surface area contributed by atoms with Gasteiger partial charge in [0, 0.05) is 11.3 Å². The summed E-state index contributed by atoms with van der Waals surface area (Å²) in [5.41, 5.74) is 2.85. The first-order valence-electron chi connectivity index (χ1n) is 8.97. The van der Waals surface area contributed by atoms with Crippen LogP contribution in [0.4, 0.5) is 10.1 Å². The molecule has 0 aliphatic heterocycles. The molecule has 1 aromatic carbocycles. The van der Waals surface area contributed by atoms with Crippen LogP contribution in [0.25, 0.3) is 5.69 Å². The van der Waals surface area contributed by atoms with Gasteiger partial charge in [-0.3, -0.25) is 19.6 Å². The van der Waals surface area contributed by atoms with E-state index in [1.54, 1.807) is 29.9 Å². The zero-order chi connectivity index (χ0) is 21.3. The number of nitrogens with one attached hydrogen (secondary N) is 1. The highest BCUT2D eigenvalue weighted by Crippen LogP contribution is 2.23. The van der Waals surface area contributed by atoms with Gasteiger partial charge < -0.3 is 5.32 Å². The van der Waals surface area contributed by atoms with E-state index in [0.717, 1.165) is 11.3 Å². The van der Waals surface area contributed by atoms with Gasteiger partial charge >= 0.3 is 5.69 Å². The van der Waals surface area contributed by atoms with Gasteiger partial charge in [0.25, 0.3) is 0 Å². The van der Waals surface area contributed by atoms with Crippen LogP contribution >= 0.6 is 0 Å². The third kappa shape index (κ3) is 4.00. The highest BCUT2D eigenvalue weighted by molar-refractivity contribution is 5.76.